The number of benzene rings is 1. The summed E-state index contributed by atoms with van der Waals surface area (Å²) in [6.07, 6.45) is 1.15. The molecule has 0 radical (unpaired) electrons. The molecule has 2 aliphatic rings. The predicted molar refractivity (Wildman–Crippen MR) is 93.1 cm³/mol. The van der Waals surface area contributed by atoms with Gasteiger partial charge in [-0.1, -0.05) is 12.1 Å². The number of sulfonamides is 1. The van der Waals surface area contributed by atoms with Crippen LogP contribution in [0.25, 0.3) is 0 Å². The van der Waals surface area contributed by atoms with E-state index in [4.69, 9.17) is 9.47 Å². The number of nitrogens with one attached hydrogen (secondary N) is 1. The summed E-state index contributed by atoms with van der Waals surface area (Å²) < 4.78 is 36.9. The van der Waals surface area contributed by atoms with Gasteiger partial charge in [0.15, 0.2) is 11.5 Å². The van der Waals surface area contributed by atoms with Crippen molar-refractivity contribution in [3.63, 3.8) is 0 Å². The molecule has 0 unspecified atom stereocenters. The van der Waals surface area contributed by atoms with Gasteiger partial charge in [-0.05, 0) is 31.9 Å². The Morgan fingerprint density at radius 2 is 2.08 bits per heavy atom. The fourth-order valence-electron chi connectivity index (χ4n) is 3.11. The Bertz CT molecular complexity index is 722. The Hall–Kier alpha value is -1.80. The lowest BCUT2D eigenvalue weighted by Gasteiger charge is -2.31. The summed E-state index contributed by atoms with van der Waals surface area (Å²) in [6.45, 7) is 3.09. The number of hydrogen-bond donors (Lipinski definition) is 1. The fraction of sp³-hybridized carbons (Fsp3) is 0.588. The minimum absolute atomic E-state index is 0.0635. The highest BCUT2D eigenvalue weighted by atomic mass is 32.2. The highest BCUT2D eigenvalue weighted by molar-refractivity contribution is 7.89. The van der Waals surface area contributed by atoms with Gasteiger partial charge < -0.3 is 14.8 Å². The van der Waals surface area contributed by atoms with Crippen LogP contribution in [0.3, 0.4) is 0 Å². The number of hydrogen-bond acceptors (Lipinski definition) is 5. The molecule has 2 aliphatic heterocycles. The van der Waals surface area contributed by atoms with Crippen molar-refractivity contribution in [3.8, 4) is 11.5 Å². The second-order valence-corrected chi connectivity index (χ2v) is 8.60. The fourth-order valence-corrected chi connectivity index (χ4v) is 4.29. The average Bonchev–Trinajstić information content (AvgIpc) is 2.66. The summed E-state index contributed by atoms with van der Waals surface area (Å²) in [7, 11) is -3.25. The number of amides is 1. The zero-order valence-corrected chi connectivity index (χ0v) is 15.1. The maximum Gasteiger partial charge on any atom is 0.224 e. The van der Waals surface area contributed by atoms with Crippen LogP contribution < -0.4 is 14.8 Å². The van der Waals surface area contributed by atoms with E-state index in [2.05, 4.69) is 5.32 Å². The van der Waals surface area contributed by atoms with E-state index in [-0.39, 0.29) is 30.2 Å². The normalized spacial score (nSPS) is 23.9. The van der Waals surface area contributed by atoms with E-state index >= 15 is 0 Å². The van der Waals surface area contributed by atoms with Gasteiger partial charge in [-0.25, -0.2) is 12.7 Å². The van der Waals surface area contributed by atoms with Crippen molar-refractivity contribution < 1.29 is 22.7 Å². The van der Waals surface area contributed by atoms with E-state index in [0.29, 0.717) is 44.0 Å². The molecule has 8 heteroatoms. The quantitative estimate of drug-likeness (QED) is 0.838. The first kappa shape index (κ1) is 18.0. The zero-order valence-electron chi connectivity index (χ0n) is 14.3. The van der Waals surface area contributed by atoms with Gasteiger partial charge >= 0.3 is 0 Å². The number of piperidine rings is 1. The summed E-state index contributed by atoms with van der Waals surface area (Å²) in [5.41, 5.74) is 0. The zero-order chi connectivity index (χ0) is 17.9. The summed E-state index contributed by atoms with van der Waals surface area (Å²) in [4.78, 5) is 12.4. The van der Waals surface area contributed by atoms with Gasteiger partial charge in [0, 0.05) is 13.1 Å². The first-order valence-corrected chi connectivity index (χ1v) is 10.2. The predicted octanol–water partition coefficient (Wildman–Crippen LogP) is 1.00. The lowest BCUT2D eigenvalue weighted by atomic mass is 9.99. The molecule has 0 aliphatic carbocycles. The molecular weight excluding hydrogens is 344 g/mol. The van der Waals surface area contributed by atoms with Crippen LogP contribution in [0.5, 0.6) is 11.5 Å². The maximum absolute atomic E-state index is 12.4. The Kier molecular flexibility index (Phi) is 5.48. The molecule has 0 saturated carbocycles. The van der Waals surface area contributed by atoms with Crippen LogP contribution in [0, 0.1) is 5.92 Å². The van der Waals surface area contributed by atoms with Crippen molar-refractivity contribution in [2.24, 2.45) is 5.92 Å². The molecule has 2 atom stereocenters. The molecule has 1 saturated heterocycles. The summed E-state index contributed by atoms with van der Waals surface area (Å²) >= 11 is 0. The number of carbonyl (C=O) groups is 1. The van der Waals surface area contributed by atoms with Gasteiger partial charge in [0.25, 0.3) is 0 Å². The smallest absolute Gasteiger partial charge is 0.224 e. The molecule has 1 N–H and O–H groups in total. The lowest BCUT2D eigenvalue weighted by Crippen LogP contribution is -2.48. The number of carbonyl (C=O) groups excluding carboxylic acids is 1. The van der Waals surface area contributed by atoms with Crippen molar-refractivity contribution in [2.75, 3.05) is 32.0 Å². The van der Waals surface area contributed by atoms with Crippen molar-refractivity contribution >= 4 is 15.9 Å². The van der Waals surface area contributed by atoms with Crippen LogP contribution >= 0.6 is 0 Å². The van der Waals surface area contributed by atoms with Crippen molar-refractivity contribution in [2.45, 2.75) is 25.9 Å². The number of ether oxygens (including phenoxy) is 2. The molecule has 0 aromatic heterocycles. The van der Waals surface area contributed by atoms with Crippen molar-refractivity contribution in [1.29, 1.82) is 0 Å². The molecule has 25 heavy (non-hydrogen) atoms. The topological polar surface area (TPSA) is 84.9 Å². The number of para-hydroxylation sites is 2. The van der Waals surface area contributed by atoms with Crippen LogP contribution in [0.4, 0.5) is 0 Å². The average molecular weight is 368 g/mol. The van der Waals surface area contributed by atoms with Gasteiger partial charge in [-0.2, -0.15) is 0 Å². The van der Waals surface area contributed by atoms with Crippen molar-refractivity contribution in [3.05, 3.63) is 24.3 Å². The molecule has 0 spiro atoms. The molecule has 2 heterocycles. The second kappa shape index (κ2) is 7.61. The summed E-state index contributed by atoms with van der Waals surface area (Å²) in [5.74, 6) is 1.00. The highest BCUT2D eigenvalue weighted by Crippen LogP contribution is 2.30. The number of rotatable bonds is 5. The summed E-state index contributed by atoms with van der Waals surface area (Å²) in [6, 6.07) is 7.42. The third kappa shape index (κ3) is 4.24. The monoisotopic (exact) mass is 368 g/mol. The van der Waals surface area contributed by atoms with Gasteiger partial charge in [0.05, 0.1) is 18.2 Å². The van der Waals surface area contributed by atoms with Gasteiger partial charge in [0.1, 0.15) is 12.7 Å². The van der Waals surface area contributed by atoms with Gasteiger partial charge in [0.2, 0.25) is 15.9 Å². The van der Waals surface area contributed by atoms with E-state index in [1.54, 1.807) is 6.92 Å². The van der Waals surface area contributed by atoms with E-state index in [1.165, 1.54) is 4.31 Å². The third-order valence-corrected chi connectivity index (χ3v) is 6.43. The Morgan fingerprint density at radius 1 is 1.32 bits per heavy atom. The van der Waals surface area contributed by atoms with Crippen LogP contribution in [-0.2, 0) is 14.8 Å². The Balaban J connectivity index is 1.51. The molecule has 1 aromatic carbocycles. The van der Waals surface area contributed by atoms with Gasteiger partial charge in [-0.15, -0.1) is 0 Å². The molecule has 138 valence electrons. The largest absolute Gasteiger partial charge is 0.486 e. The van der Waals surface area contributed by atoms with Crippen LogP contribution in [0.15, 0.2) is 24.3 Å². The highest BCUT2D eigenvalue weighted by Gasteiger charge is 2.32. The van der Waals surface area contributed by atoms with E-state index in [9.17, 15) is 13.2 Å². The van der Waals surface area contributed by atoms with E-state index < -0.39 is 10.0 Å². The SMILES string of the molecule is CCS(=O)(=O)N1CCC[C@H](C(=O)NC[C@H]2COc3ccccc3O2)C1. The molecule has 1 aromatic rings. The first-order chi connectivity index (χ1) is 12.0. The van der Waals surface area contributed by atoms with Crippen LogP contribution in [-0.4, -0.2) is 56.7 Å². The van der Waals surface area contributed by atoms with E-state index in [1.807, 2.05) is 24.3 Å². The third-order valence-electron chi connectivity index (χ3n) is 4.58. The number of fused-ring (bicyclic) bond motifs is 1. The molecule has 1 amide bonds. The number of nitrogens with zero attached hydrogens (tertiary/aromatic N) is 1. The molecular formula is C17H24N2O5S. The Labute approximate surface area is 148 Å². The standard InChI is InChI=1S/C17H24N2O5S/c1-2-25(21,22)19-9-5-6-13(11-19)17(20)18-10-14-12-23-15-7-3-4-8-16(15)24-14/h3-4,7-8,13-14H,2,5-6,9-12H2,1H3,(H,18,20)/t13-,14-/m0/s1. The summed E-state index contributed by atoms with van der Waals surface area (Å²) in [5, 5.41) is 2.88. The lowest BCUT2D eigenvalue weighted by molar-refractivity contribution is -0.126. The van der Waals surface area contributed by atoms with E-state index in [0.717, 1.165) is 0 Å². The molecule has 0 bridgehead atoms. The minimum Gasteiger partial charge on any atom is -0.486 e. The maximum atomic E-state index is 12.4. The van der Waals surface area contributed by atoms with Crippen molar-refractivity contribution in [1.82, 2.24) is 9.62 Å². The molecule has 7 nitrogen and oxygen atoms in total. The Morgan fingerprint density at radius 3 is 2.84 bits per heavy atom. The first-order valence-electron chi connectivity index (χ1n) is 8.63. The molecule has 1 fully saturated rings. The second-order valence-electron chi connectivity index (χ2n) is 6.34. The molecule has 3 rings (SSSR count). The minimum atomic E-state index is -3.25. The van der Waals surface area contributed by atoms with Gasteiger partial charge in [-0.3, -0.25) is 4.79 Å². The van der Waals surface area contributed by atoms with Crippen LogP contribution in [0.1, 0.15) is 19.8 Å². The van der Waals surface area contributed by atoms with Crippen LogP contribution in [0.2, 0.25) is 0 Å².